The first-order valence-electron chi connectivity index (χ1n) is 10.6. The molecular weight excluding hydrogens is 476 g/mol. The van der Waals surface area contributed by atoms with E-state index in [0.717, 1.165) is 6.92 Å². The number of carbonyl (C=O) groups is 5. The van der Waals surface area contributed by atoms with Crippen molar-refractivity contribution >= 4 is 29.6 Å². The predicted octanol–water partition coefficient (Wildman–Crippen LogP) is -5.35. The molecule has 1 fully saturated rings. The Labute approximate surface area is 199 Å². The van der Waals surface area contributed by atoms with Crippen LogP contribution in [0, 0.1) is 0 Å². The molecule has 35 heavy (non-hydrogen) atoms. The Kier molecular flexibility index (Phi) is 11.9. The summed E-state index contributed by atoms with van der Waals surface area (Å²) in [5, 5.41) is 55.1. The van der Waals surface area contributed by atoms with Crippen LogP contribution in [0.1, 0.15) is 26.7 Å². The Morgan fingerprint density at radius 3 is 2.14 bits per heavy atom. The Morgan fingerprint density at radius 1 is 1.06 bits per heavy atom. The van der Waals surface area contributed by atoms with Gasteiger partial charge < -0.3 is 56.7 Å². The van der Waals surface area contributed by atoms with Crippen molar-refractivity contribution in [2.75, 3.05) is 13.2 Å². The van der Waals surface area contributed by atoms with Gasteiger partial charge >= 0.3 is 5.97 Å². The van der Waals surface area contributed by atoms with E-state index >= 15 is 0 Å². The number of amides is 4. The van der Waals surface area contributed by atoms with E-state index in [1.165, 1.54) is 6.92 Å². The van der Waals surface area contributed by atoms with Gasteiger partial charge in [0, 0.05) is 13.3 Å². The monoisotopic (exact) mass is 508 g/mol. The minimum atomic E-state index is -1.69. The maximum atomic E-state index is 12.6. The smallest absolute Gasteiger partial charge is 0.326 e. The van der Waals surface area contributed by atoms with Crippen LogP contribution in [0.25, 0.3) is 0 Å². The van der Waals surface area contributed by atoms with Gasteiger partial charge in [-0.15, -0.1) is 0 Å². The van der Waals surface area contributed by atoms with Crippen LogP contribution in [0.3, 0.4) is 0 Å². The summed E-state index contributed by atoms with van der Waals surface area (Å²) in [7, 11) is 0. The molecule has 8 atom stereocenters. The Bertz CT molecular complexity index is 781. The van der Waals surface area contributed by atoms with Gasteiger partial charge in [0.15, 0.2) is 6.29 Å². The zero-order chi connectivity index (χ0) is 26.9. The second-order valence-corrected chi connectivity index (χ2v) is 7.86. The maximum absolute atomic E-state index is 12.6. The van der Waals surface area contributed by atoms with E-state index in [1.54, 1.807) is 0 Å². The Balaban J connectivity index is 2.88. The van der Waals surface area contributed by atoms with Crippen LogP contribution in [0.5, 0.6) is 0 Å². The van der Waals surface area contributed by atoms with E-state index in [-0.39, 0.29) is 12.8 Å². The lowest BCUT2D eigenvalue weighted by Crippen LogP contribution is -2.65. The lowest BCUT2D eigenvalue weighted by molar-refractivity contribution is -0.266. The molecule has 0 bridgehead atoms. The number of hydrogen-bond acceptors (Lipinski definition) is 11. The number of carboxylic acid groups (broad SMARTS) is 1. The first-order valence-corrected chi connectivity index (χ1v) is 10.6. The summed E-state index contributed by atoms with van der Waals surface area (Å²) in [5.41, 5.74) is 4.97. The molecule has 1 heterocycles. The third-order valence-corrected chi connectivity index (χ3v) is 5.08. The van der Waals surface area contributed by atoms with Crippen LogP contribution in [0.2, 0.25) is 0 Å². The summed E-state index contributed by atoms with van der Waals surface area (Å²) in [6.45, 7) is 0.704. The topological polar surface area (TPSA) is 267 Å². The van der Waals surface area contributed by atoms with E-state index in [9.17, 15) is 49.5 Å². The minimum absolute atomic E-state index is 0.317. The fourth-order valence-electron chi connectivity index (χ4n) is 3.23. The van der Waals surface area contributed by atoms with Crippen LogP contribution in [0.4, 0.5) is 0 Å². The third kappa shape index (κ3) is 9.00. The van der Waals surface area contributed by atoms with Crippen molar-refractivity contribution in [1.29, 1.82) is 0 Å². The summed E-state index contributed by atoms with van der Waals surface area (Å²) in [6, 6.07) is -4.44. The minimum Gasteiger partial charge on any atom is -0.480 e. The molecule has 16 nitrogen and oxygen atoms in total. The van der Waals surface area contributed by atoms with E-state index in [1.807, 2.05) is 0 Å². The van der Waals surface area contributed by atoms with Crippen molar-refractivity contribution in [2.45, 2.75) is 75.5 Å². The number of nitrogens with one attached hydrogen (secondary N) is 3. The van der Waals surface area contributed by atoms with Gasteiger partial charge in [-0.05, 0) is 13.3 Å². The molecule has 4 amide bonds. The van der Waals surface area contributed by atoms with Gasteiger partial charge in [0.05, 0.1) is 13.2 Å². The highest BCUT2D eigenvalue weighted by Gasteiger charge is 2.47. The lowest BCUT2D eigenvalue weighted by atomic mass is 9.96. The fraction of sp³-hybridized carbons (Fsp3) is 0.737. The van der Waals surface area contributed by atoms with Gasteiger partial charge in [-0.3, -0.25) is 19.2 Å². The zero-order valence-electron chi connectivity index (χ0n) is 19.1. The highest BCUT2D eigenvalue weighted by atomic mass is 16.6. The van der Waals surface area contributed by atoms with Crippen molar-refractivity contribution in [1.82, 2.24) is 16.0 Å². The molecule has 10 N–H and O–H groups in total. The average Bonchev–Trinajstić information content (AvgIpc) is 2.78. The number of aliphatic hydroxyl groups excluding tert-OH is 4. The summed E-state index contributed by atoms with van der Waals surface area (Å²) in [4.78, 5) is 58.6. The highest BCUT2D eigenvalue weighted by Crippen LogP contribution is 2.23. The van der Waals surface area contributed by atoms with Crippen molar-refractivity contribution in [3.63, 3.8) is 0 Å². The molecule has 0 radical (unpaired) electrons. The standard InChI is InChI=1S/C19H32N4O12/c1-7(34-15-13(21-8(2)26)19(33)35-11(6-25)14(15)28)16(29)23-10(5-24)17(30)22-9(18(31)32)3-4-12(20)27/h7,9-11,13-15,19,24-25,28,33H,3-6H2,1-2H3,(H2,20,27)(H,21,26)(H,22,30)(H,23,29)(H,31,32)/t7?,9-,10+,11-,13-,14-,15-,19+/m1/s1. The summed E-state index contributed by atoms with van der Waals surface area (Å²) in [5.74, 6) is -4.90. The van der Waals surface area contributed by atoms with Gasteiger partial charge in [-0.25, -0.2) is 4.79 Å². The third-order valence-electron chi connectivity index (χ3n) is 5.08. The first-order chi connectivity index (χ1) is 16.3. The number of aliphatic hydroxyl groups is 4. The quantitative estimate of drug-likeness (QED) is 0.113. The van der Waals surface area contributed by atoms with Gasteiger partial charge in [0.1, 0.15) is 42.5 Å². The number of primary amides is 1. The lowest BCUT2D eigenvalue weighted by Gasteiger charge is -2.43. The second kappa shape index (κ2) is 13.9. The van der Waals surface area contributed by atoms with Crippen LogP contribution in [0.15, 0.2) is 0 Å². The number of ether oxygens (including phenoxy) is 2. The summed E-state index contributed by atoms with van der Waals surface area (Å²) >= 11 is 0. The number of carboxylic acids is 1. The largest absolute Gasteiger partial charge is 0.480 e. The van der Waals surface area contributed by atoms with E-state index < -0.39 is 91.6 Å². The van der Waals surface area contributed by atoms with E-state index in [4.69, 9.17) is 15.2 Å². The van der Waals surface area contributed by atoms with Crippen molar-refractivity contribution in [2.24, 2.45) is 5.73 Å². The molecule has 0 spiro atoms. The Hall–Kier alpha value is -2.89. The second-order valence-electron chi connectivity index (χ2n) is 7.86. The van der Waals surface area contributed by atoms with Crippen LogP contribution in [-0.4, -0.2) is 117 Å². The number of rotatable bonds is 13. The molecular formula is C19H32N4O12. The molecule has 1 saturated heterocycles. The molecule has 1 aliphatic rings. The maximum Gasteiger partial charge on any atom is 0.326 e. The zero-order valence-corrected chi connectivity index (χ0v) is 19.1. The Morgan fingerprint density at radius 2 is 1.66 bits per heavy atom. The number of hydrogen-bond donors (Lipinski definition) is 9. The fourth-order valence-corrected chi connectivity index (χ4v) is 3.23. The number of carbonyl (C=O) groups excluding carboxylic acids is 4. The first kappa shape index (κ1) is 30.1. The van der Waals surface area contributed by atoms with Crippen LogP contribution in [-0.2, 0) is 33.4 Å². The van der Waals surface area contributed by atoms with Crippen LogP contribution < -0.4 is 21.7 Å². The number of aliphatic carboxylic acids is 1. The number of nitrogens with two attached hydrogens (primary N) is 1. The SMILES string of the molecule is CC(=O)N[C@@H]1[C@@H](OC(C)C(=O)N[C@@H](CO)C(=O)N[C@H](CCC(N)=O)C(=O)O)[C@H](O)[C@@H](CO)O[C@@H]1O. The predicted molar refractivity (Wildman–Crippen MR) is 113 cm³/mol. The molecule has 0 aromatic heterocycles. The van der Waals surface area contributed by atoms with E-state index in [0.29, 0.717) is 0 Å². The molecule has 1 rings (SSSR count). The molecule has 200 valence electrons. The van der Waals surface area contributed by atoms with Gasteiger partial charge in [0.2, 0.25) is 23.6 Å². The van der Waals surface area contributed by atoms with Gasteiger partial charge in [-0.2, -0.15) is 0 Å². The van der Waals surface area contributed by atoms with E-state index in [2.05, 4.69) is 16.0 Å². The highest BCUT2D eigenvalue weighted by molar-refractivity contribution is 5.91. The molecule has 0 aromatic carbocycles. The molecule has 1 aliphatic heterocycles. The normalized spacial score (nSPS) is 26.6. The summed E-state index contributed by atoms with van der Waals surface area (Å²) < 4.78 is 10.5. The van der Waals surface area contributed by atoms with Crippen molar-refractivity contribution in [3.05, 3.63) is 0 Å². The molecule has 16 heteroatoms. The van der Waals surface area contributed by atoms with Crippen LogP contribution >= 0.6 is 0 Å². The molecule has 0 aliphatic carbocycles. The van der Waals surface area contributed by atoms with Crippen molar-refractivity contribution in [3.8, 4) is 0 Å². The molecule has 0 saturated carbocycles. The molecule has 0 aromatic rings. The van der Waals surface area contributed by atoms with Crippen molar-refractivity contribution < 1.29 is 59.0 Å². The average molecular weight is 508 g/mol. The molecule has 1 unspecified atom stereocenters. The van der Waals surface area contributed by atoms with Gasteiger partial charge in [0.25, 0.3) is 0 Å². The van der Waals surface area contributed by atoms with Gasteiger partial charge in [-0.1, -0.05) is 0 Å². The summed E-state index contributed by atoms with van der Waals surface area (Å²) in [6.07, 6.45) is -8.06.